The summed E-state index contributed by atoms with van der Waals surface area (Å²) in [6.07, 6.45) is 3.54. The number of hydrogen-bond donors (Lipinski definition) is 1. The van der Waals surface area contributed by atoms with Crippen LogP contribution in [0.15, 0.2) is 22.9 Å². The van der Waals surface area contributed by atoms with Gasteiger partial charge >= 0.3 is 0 Å². The minimum absolute atomic E-state index is 0.0618. The van der Waals surface area contributed by atoms with E-state index in [-0.39, 0.29) is 6.04 Å². The summed E-state index contributed by atoms with van der Waals surface area (Å²) >= 11 is 0. The fraction of sp³-hybridized carbons (Fsp3) is 0.462. The quantitative estimate of drug-likeness (QED) is 0.862. The highest BCUT2D eigenvalue weighted by Crippen LogP contribution is 2.18. The molecular formula is C13H18N4O2. The van der Waals surface area contributed by atoms with Crippen LogP contribution in [0.25, 0.3) is 0 Å². The van der Waals surface area contributed by atoms with Crippen molar-refractivity contribution in [2.24, 2.45) is 0 Å². The number of aromatic nitrogens is 3. The monoisotopic (exact) mass is 262 g/mol. The lowest BCUT2D eigenvalue weighted by atomic mass is 10.3. The Balaban J connectivity index is 2.00. The third kappa shape index (κ3) is 3.43. The number of anilines is 1. The average Bonchev–Trinajstić information content (AvgIpc) is 2.89. The molecule has 6 heteroatoms. The average molecular weight is 262 g/mol. The van der Waals surface area contributed by atoms with Gasteiger partial charge in [0.2, 0.25) is 11.8 Å². The minimum atomic E-state index is -0.0618. The van der Waals surface area contributed by atoms with Crippen molar-refractivity contribution >= 4 is 5.69 Å². The Morgan fingerprint density at radius 3 is 2.89 bits per heavy atom. The Morgan fingerprint density at radius 1 is 1.42 bits per heavy atom. The van der Waals surface area contributed by atoms with Crippen LogP contribution in [0, 0.1) is 0 Å². The highest BCUT2D eigenvalue weighted by atomic mass is 16.5. The molecule has 2 aromatic heterocycles. The van der Waals surface area contributed by atoms with Gasteiger partial charge in [0.25, 0.3) is 0 Å². The van der Waals surface area contributed by atoms with Gasteiger partial charge in [-0.3, -0.25) is 0 Å². The molecule has 0 aliphatic carbocycles. The van der Waals surface area contributed by atoms with Gasteiger partial charge in [-0.05, 0) is 19.4 Å². The smallest absolute Gasteiger partial charge is 0.248 e. The normalized spacial score (nSPS) is 12.2. The molecule has 0 unspecified atom stereocenters. The first-order chi connectivity index (χ1) is 9.22. The van der Waals surface area contributed by atoms with Crippen molar-refractivity contribution < 1.29 is 9.26 Å². The van der Waals surface area contributed by atoms with Crippen LogP contribution >= 0.6 is 0 Å². The van der Waals surface area contributed by atoms with E-state index in [1.165, 1.54) is 0 Å². The Bertz CT molecular complexity index is 510. The van der Waals surface area contributed by atoms with Crippen LogP contribution in [0.3, 0.4) is 0 Å². The summed E-state index contributed by atoms with van der Waals surface area (Å²) in [6, 6.07) is 3.63. The van der Waals surface area contributed by atoms with Gasteiger partial charge in [0, 0.05) is 12.5 Å². The highest BCUT2D eigenvalue weighted by Gasteiger charge is 2.13. The molecule has 0 spiro atoms. The zero-order valence-corrected chi connectivity index (χ0v) is 11.4. The third-order valence-corrected chi connectivity index (χ3v) is 2.66. The Labute approximate surface area is 112 Å². The second-order valence-electron chi connectivity index (χ2n) is 4.25. The van der Waals surface area contributed by atoms with Crippen LogP contribution in [-0.4, -0.2) is 22.2 Å². The maximum absolute atomic E-state index is 5.23. The summed E-state index contributed by atoms with van der Waals surface area (Å²) in [5.41, 5.74) is 0.878. The van der Waals surface area contributed by atoms with E-state index in [4.69, 9.17) is 9.26 Å². The van der Waals surface area contributed by atoms with Crippen LogP contribution in [0.1, 0.15) is 38.0 Å². The molecule has 0 radical (unpaired) electrons. The molecule has 0 saturated heterocycles. The second-order valence-corrected chi connectivity index (χ2v) is 4.25. The number of nitrogens with one attached hydrogen (secondary N) is 1. The number of hydrogen-bond acceptors (Lipinski definition) is 6. The van der Waals surface area contributed by atoms with E-state index in [1.807, 2.05) is 13.0 Å². The first-order valence-corrected chi connectivity index (χ1v) is 6.32. The van der Waals surface area contributed by atoms with Gasteiger partial charge in [-0.15, -0.1) is 0 Å². The second kappa shape index (κ2) is 6.17. The standard InChI is InChI=1S/C13H18N4O2/c1-4-5-11-16-13(19-17-11)9(2)15-10-6-7-12(18-3)14-8-10/h6-9,15H,4-5H2,1-3H3/t9-/m1/s1. The summed E-state index contributed by atoms with van der Waals surface area (Å²) in [5.74, 6) is 1.92. The Hall–Kier alpha value is -2.11. The fourth-order valence-corrected chi connectivity index (χ4v) is 1.67. The first-order valence-electron chi connectivity index (χ1n) is 6.32. The van der Waals surface area contributed by atoms with E-state index in [1.54, 1.807) is 19.4 Å². The molecule has 6 nitrogen and oxygen atoms in total. The highest BCUT2D eigenvalue weighted by molar-refractivity contribution is 5.43. The van der Waals surface area contributed by atoms with Gasteiger partial charge in [-0.2, -0.15) is 4.98 Å². The van der Waals surface area contributed by atoms with Crippen LogP contribution in [0.5, 0.6) is 5.88 Å². The molecule has 0 amide bonds. The predicted molar refractivity (Wildman–Crippen MR) is 71.1 cm³/mol. The molecule has 0 aliphatic heterocycles. The maximum atomic E-state index is 5.23. The van der Waals surface area contributed by atoms with Crippen LogP contribution in [0.2, 0.25) is 0 Å². The summed E-state index contributed by atoms with van der Waals surface area (Å²) in [6.45, 7) is 4.05. The maximum Gasteiger partial charge on any atom is 0.248 e. The lowest BCUT2D eigenvalue weighted by molar-refractivity contribution is 0.362. The molecule has 1 atom stereocenters. The summed E-state index contributed by atoms with van der Waals surface area (Å²) in [5, 5.41) is 7.18. The fourth-order valence-electron chi connectivity index (χ4n) is 1.67. The van der Waals surface area contributed by atoms with Crippen molar-refractivity contribution in [1.82, 2.24) is 15.1 Å². The van der Waals surface area contributed by atoms with Gasteiger partial charge in [0.15, 0.2) is 5.82 Å². The van der Waals surface area contributed by atoms with Gasteiger partial charge in [0.05, 0.1) is 19.0 Å². The zero-order valence-electron chi connectivity index (χ0n) is 11.4. The molecule has 1 N–H and O–H groups in total. The SMILES string of the molecule is CCCc1noc([C@@H](C)Nc2ccc(OC)nc2)n1. The number of pyridine rings is 1. The van der Waals surface area contributed by atoms with E-state index in [0.717, 1.165) is 24.4 Å². The predicted octanol–water partition coefficient (Wildman–Crippen LogP) is 2.60. The van der Waals surface area contributed by atoms with E-state index < -0.39 is 0 Å². The molecular weight excluding hydrogens is 244 g/mol. The van der Waals surface area contributed by atoms with Gasteiger partial charge in [-0.25, -0.2) is 4.98 Å². The minimum Gasteiger partial charge on any atom is -0.481 e. The molecule has 102 valence electrons. The van der Waals surface area contributed by atoms with Crippen molar-refractivity contribution in [3.05, 3.63) is 30.0 Å². The number of aryl methyl sites for hydroxylation is 1. The van der Waals surface area contributed by atoms with Crippen molar-refractivity contribution in [3.8, 4) is 5.88 Å². The first kappa shape index (κ1) is 13.3. The number of methoxy groups -OCH3 is 1. The van der Waals surface area contributed by atoms with Crippen LogP contribution in [-0.2, 0) is 6.42 Å². The van der Waals surface area contributed by atoms with E-state index in [2.05, 4.69) is 27.4 Å². The summed E-state index contributed by atoms with van der Waals surface area (Å²) in [4.78, 5) is 8.47. The molecule has 0 aromatic carbocycles. The lowest BCUT2D eigenvalue weighted by Crippen LogP contribution is -2.07. The number of ether oxygens (including phenoxy) is 1. The van der Waals surface area contributed by atoms with Crippen molar-refractivity contribution in [2.45, 2.75) is 32.7 Å². The molecule has 0 bridgehead atoms. The van der Waals surface area contributed by atoms with E-state index in [9.17, 15) is 0 Å². The molecule has 19 heavy (non-hydrogen) atoms. The van der Waals surface area contributed by atoms with Crippen LogP contribution in [0.4, 0.5) is 5.69 Å². The number of nitrogens with zero attached hydrogens (tertiary/aromatic N) is 3. The van der Waals surface area contributed by atoms with E-state index >= 15 is 0 Å². The molecule has 0 fully saturated rings. The zero-order chi connectivity index (χ0) is 13.7. The van der Waals surface area contributed by atoms with Crippen molar-refractivity contribution in [3.63, 3.8) is 0 Å². The van der Waals surface area contributed by atoms with Gasteiger partial charge in [-0.1, -0.05) is 12.1 Å². The van der Waals surface area contributed by atoms with Crippen molar-refractivity contribution in [1.29, 1.82) is 0 Å². The topological polar surface area (TPSA) is 73.1 Å². The van der Waals surface area contributed by atoms with Crippen molar-refractivity contribution in [2.75, 3.05) is 12.4 Å². The molecule has 2 rings (SSSR count). The van der Waals surface area contributed by atoms with Gasteiger partial charge < -0.3 is 14.6 Å². The Morgan fingerprint density at radius 2 is 2.26 bits per heavy atom. The summed E-state index contributed by atoms with van der Waals surface area (Å²) < 4.78 is 10.2. The molecule has 0 saturated carbocycles. The lowest BCUT2D eigenvalue weighted by Gasteiger charge is -2.10. The third-order valence-electron chi connectivity index (χ3n) is 2.66. The number of rotatable bonds is 6. The van der Waals surface area contributed by atoms with Crippen LogP contribution < -0.4 is 10.1 Å². The van der Waals surface area contributed by atoms with Gasteiger partial charge in [0.1, 0.15) is 6.04 Å². The Kier molecular flexibility index (Phi) is 4.33. The summed E-state index contributed by atoms with van der Waals surface area (Å²) in [7, 11) is 1.59. The largest absolute Gasteiger partial charge is 0.481 e. The molecule has 2 aromatic rings. The molecule has 2 heterocycles. The van der Waals surface area contributed by atoms with E-state index in [0.29, 0.717) is 11.8 Å². The molecule has 0 aliphatic rings.